The van der Waals surface area contributed by atoms with Crippen LogP contribution < -0.4 is 15.8 Å². The van der Waals surface area contributed by atoms with E-state index in [2.05, 4.69) is 38.7 Å². The van der Waals surface area contributed by atoms with Gasteiger partial charge in [0.15, 0.2) is 0 Å². The predicted octanol–water partition coefficient (Wildman–Crippen LogP) is 2.59. The molecule has 3 aromatic rings. The van der Waals surface area contributed by atoms with Crippen molar-refractivity contribution >= 4 is 16.7 Å². The van der Waals surface area contributed by atoms with Gasteiger partial charge in [0.1, 0.15) is 11.6 Å². The van der Waals surface area contributed by atoms with E-state index in [-0.39, 0.29) is 17.9 Å². The summed E-state index contributed by atoms with van der Waals surface area (Å²) in [6, 6.07) is 7.48. The monoisotopic (exact) mass is 394 g/mol. The average molecular weight is 394 g/mol. The molecular formula is C21H23FN6O. The fourth-order valence-corrected chi connectivity index (χ4v) is 4.06. The molecule has 150 valence electrons. The molecule has 7 nitrogen and oxygen atoms in total. The molecule has 5 rings (SSSR count). The maximum atomic E-state index is 13.5. The van der Waals surface area contributed by atoms with Crippen LogP contribution in [0.4, 0.5) is 10.2 Å². The van der Waals surface area contributed by atoms with Crippen molar-refractivity contribution in [3.8, 4) is 11.3 Å². The Kier molecular flexibility index (Phi) is 4.83. The smallest absolute Gasteiger partial charge is 0.141 e. The van der Waals surface area contributed by atoms with Gasteiger partial charge in [-0.15, -0.1) is 0 Å². The van der Waals surface area contributed by atoms with Crippen LogP contribution in [0.25, 0.3) is 22.2 Å². The number of aromatic nitrogens is 3. The minimum atomic E-state index is -0.349. The van der Waals surface area contributed by atoms with Gasteiger partial charge in [0.25, 0.3) is 0 Å². The van der Waals surface area contributed by atoms with E-state index >= 15 is 0 Å². The number of fused-ring (bicyclic) bond motifs is 1. The Morgan fingerprint density at radius 3 is 2.93 bits per heavy atom. The lowest BCUT2D eigenvalue weighted by Gasteiger charge is -2.34. The summed E-state index contributed by atoms with van der Waals surface area (Å²) in [5.41, 5.74) is 9.88. The summed E-state index contributed by atoms with van der Waals surface area (Å²) in [6.45, 7) is 5.12. The quantitative estimate of drug-likeness (QED) is 0.707. The van der Waals surface area contributed by atoms with Crippen LogP contribution in [0, 0.1) is 5.82 Å². The summed E-state index contributed by atoms with van der Waals surface area (Å²) in [4.78, 5) is 16.3. The van der Waals surface area contributed by atoms with Crippen LogP contribution in [-0.2, 0) is 4.74 Å². The van der Waals surface area contributed by atoms with Crippen molar-refractivity contribution in [3.63, 3.8) is 0 Å². The Bertz CT molecular complexity index is 1020. The van der Waals surface area contributed by atoms with E-state index in [9.17, 15) is 4.39 Å². The maximum Gasteiger partial charge on any atom is 0.141 e. The van der Waals surface area contributed by atoms with Crippen LogP contribution in [0.3, 0.4) is 0 Å². The van der Waals surface area contributed by atoms with Gasteiger partial charge in [0.05, 0.1) is 48.4 Å². The van der Waals surface area contributed by atoms with E-state index in [0.29, 0.717) is 13.2 Å². The van der Waals surface area contributed by atoms with Crippen molar-refractivity contribution < 1.29 is 9.13 Å². The molecule has 0 aromatic carbocycles. The summed E-state index contributed by atoms with van der Waals surface area (Å²) in [5, 5.41) is 0.965. The van der Waals surface area contributed by atoms with Gasteiger partial charge in [-0.05, 0) is 37.6 Å². The van der Waals surface area contributed by atoms with Crippen LogP contribution in [0.2, 0.25) is 0 Å². The van der Waals surface area contributed by atoms with E-state index < -0.39 is 0 Å². The van der Waals surface area contributed by atoms with Crippen molar-refractivity contribution in [2.75, 3.05) is 31.2 Å². The van der Waals surface area contributed by atoms with Gasteiger partial charge >= 0.3 is 0 Å². The molecule has 0 aliphatic carbocycles. The zero-order valence-corrected chi connectivity index (χ0v) is 16.2. The molecule has 2 aliphatic heterocycles. The van der Waals surface area contributed by atoms with Crippen LogP contribution in [0.1, 0.15) is 25.1 Å². The SMILES string of the molecule is C[C@@H]1COCCN1c1cc(-c2ccc(F)cn2)c2ccnc(C3CCNN3)c2n1. The molecule has 0 saturated carbocycles. The summed E-state index contributed by atoms with van der Waals surface area (Å²) >= 11 is 0. The first-order valence-electron chi connectivity index (χ1n) is 9.95. The number of pyridine rings is 3. The lowest BCUT2D eigenvalue weighted by atomic mass is 10.0. The molecular weight excluding hydrogens is 371 g/mol. The summed E-state index contributed by atoms with van der Waals surface area (Å²) < 4.78 is 19.1. The highest BCUT2D eigenvalue weighted by Crippen LogP contribution is 2.34. The van der Waals surface area contributed by atoms with E-state index in [4.69, 9.17) is 9.72 Å². The molecule has 5 heterocycles. The predicted molar refractivity (Wildman–Crippen MR) is 109 cm³/mol. The Balaban J connectivity index is 1.72. The Hall–Kier alpha value is -2.68. The second-order valence-corrected chi connectivity index (χ2v) is 7.51. The molecule has 2 aliphatic rings. The topological polar surface area (TPSA) is 75.2 Å². The molecule has 2 fully saturated rings. The maximum absolute atomic E-state index is 13.5. The third kappa shape index (κ3) is 3.43. The van der Waals surface area contributed by atoms with Crippen LogP contribution in [0.5, 0.6) is 0 Å². The normalized spacial score (nSPS) is 22.3. The first-order chi connectivity index (χ1) is 14.2. The largest absolute Gasteiger partial charge is 0.377 e. The number of nitrogens with zero attached hydrogens (tertiary/aromatic N) is 4. The molecule has 2 atom stereocenters. The average Bonchev–Trinajstić information content (AvgIpc) is 3.28. The molecule has 0 amide bonds. The third-order valence-electron chi connectivity index (χ3n) is 5.57. The number of rotatable bonds is 3. The summed E-state index contributed by atoms with van der Waals surface area (Å²) in [5.74, 6) is 0.521. The van der Waals surface area contributed by atoms with Gasteiger partial charge in [-0.2, -0.15) is 0 Å². The van der Waals surface area contributed by atoms with E-state index in [1.54, 1.807) is 6.07 Å². The lowest BCUT2D eigenvalue weighted by Crippen LogP contribution is -2.44. The van der Waals surface area contributed by atoms with Gasteiger partial charge in [0, 0.05) is 30.2 Å². The molecule has 2 N–H and O–H groups in total. The fourth-order valence-electron chi connectivity index (χ4n) is 4.06. The molecule has 0 spiro atoms. The van der Waals surface area contributed by atoms with Crippen LogP contribution >= 0.6 is 0 Å². The molecule has 8 heteroatoms. The van der Waals surface area contributed by atoms with E-state index in [1.807, 2.05) is 12.3 Å². The van der Waals surface area contributed by atoms with E-state index in [1.165, 1.54) is 12.3 Å². The number of anilines is 1. The van der Waals surface area contributed by atoms with Crippen molar-refractivity contribution in [3.05, 3.63) is 48.2 Å². The highest BCUT2D eigenvalue weighted by atomic mass is 19.1. The molecule has 29 heavy (non-hydrogen) atoms. The van der Waals surface area contributed by atoms with Crippen molar-refractivity contribution in [1.29, 1.82) is 0 Å². The van der Waals surface area contributed by atoms with Gasteiger partial charge in [-0.25, -0.2) is 14.8 Å². The Labute approximate surface area is 168 Å². The standard InChI is InChI=1S/C21H23FN6O/c1-13-12-29-9-8-28(13)19-10-16(17-3-2-14(22)11-24-17)15-4-6-23-21(20(15)26-19)18-5-7-25-27-18/h2-4,6,10-11,13,18,25,27H,5,7-9,12H2,1H3/t13-,18?/m1/s1. The Morgan fingerprint density at radius 2 is 2.17 bits per heavy atom. The number of hydrogen-bond donors (Lipinski definition) is 2. The van der Waals surface area contributed by atoms with Crippen molar-refractivity contribution in [2.45, 2.75) is 25.4 Å². The number of hydrogen-bond acceptors (Lipinski definition) is 7. The number of halogens is 1. The lowest BCUT2D eigenvalue weighted by molar-refractivity contribution is 0.0986. The van der Waals surface area contributed by atoms with Crippen molar-refractivity contribution in [2.24, 2.45) is 0 Å². The first kappa shape index (κ1) is 18.4. The van der Waals surface area contributed by atoms with Gasteiger partial charge in [-0.3, -0.25) is 15.4 Å². The summed E-state index contributed by atoms with van der Waals surface area (Å²) in [7, 11) is 0. The third-order valence-corrected chi connectivity index (χ3v) is 5.57. The molecule has 3 aromatic heterocycles. The number of ether oxygens (including phenoxy) is 1. The summed E-state index contributed by atoms with van der Waals surface area (Å²) in [6.07, 6.45) is 4.00. The molecule has 1 unspecified atom stereocenters. The Morgan fingerprint density at radius 1 is 1.24 bits per heavy atom. The number of morpholine rings is 1. The number of hydrazine groups is 1. The minimum absolute atomic E-state index is 0.0950. The highest BCUT2D eigenvalue weighted by Gasteiger charge is 2.25. The molecule has 0 bridgehead atoms. The van der Waals surface area contributed by atoms with Gasteiger partial charge in [0.2, 0.25) is 0 Å². The second-order valence-electron chi connectivity index (χ2n) is 7.51. The van der Waals surface area contributed by atoms with Gasteiger partial charge < -0.3 is 9.64 Å². The van der Waals surface area contributed by atoms with Crippen LogP contribution in [0.15, 0.2) is 36.7 Å². The fraction of sp³-hybridized carbons (Fsp3) is 0.381. The van der Waals surface area contributed by atoms with Gasteiger partial charge in [-0.1, -0.05) is 0 Å². The molecule has 0 radical (unpaired) electrons. The molecule has 2 saturated heterocycles. The van der Waals surface area contributed by atoms with E-state index in [0.717, 1.165) is 53.2 Å². The van der Waals surface area contributed by atoms with Crippen molar-refractivity contribution in [1.82, 2.24) is 25.8 Å². The minimum Gasteiger partial charge on any atom is -0.377 e. The number of nitrogens with one attached hydrogen (secondary N) is 2. The first-order valence-corrected chi connectivity index (χ1v) is 9.95. The second kappa shape index (κ2) is 7.62. The zero-order chi connectivity index (χ0) is 19.8. The zero-order valence-electron chi connectivity index (χ0n) is 16.2. The highest BCUT2D eigenvalue weighted by molar-refractivity contribution is 5.96. The van der Waals surface area contributed by atoms with Crippen LogP contribution in [-0.4, -0.2) is 47.3 Å².